The van der Waals surface area contributed by atoms with Gasteiger partial charge in [0.15, 0.2) is 5.69 Å². The molecule has 0 spiro atoms. The molecule has 0 saturated carbocycles. The molecule has 3 rings (SSSR count). The van der Waals surface area contributed by atoms with Crippen LogP contribution in [0.15, 0.2) is 47.3 Å². The van der Waals surface area contributed by atoms with Crippen LogP contribution < -0.4 is 20.8 Å². The van der Waals surface area contributed by atoms with Gasteiger partial charge in [-0.2, -0.15) is 5.10 Å². The molecule has 9 nitrogen and oxygen atoms in total. The highest BCUT2D eigenvalue weighted by atomic mass is 16.5. The molecule has 0 atom stereocenters. The molecular formula is C20H19N3O6. The lowest BCUT2D eigenvalue weighted by Crippen LogP contribution is -2.31. The Balaban J connectivity index is 1.83. The van der Waals surface area contributed by atoms with E-state index in [2.05, 4.69) is 5.10 Å². The predicted molar refractivity (Wildman–Crippen MR) is 104 cm³/mol. The first-order valence-corrected chi connectivity index (χ1v) is 8.60. The Bertz CT molecular complexity index is 1140. The Kier molecular flexibility index (Phi) is 5.77. The fourth-order valence-corrected chi connectivity index (χ4v) is 2.85. The largest absolute Gasteiger partial charge is 0.497 e. The lowest BCUT2D eigenvalue weighted by atomic mass is 10.1. The normalized spacial score (nSPS) is 10.6. The molecule has 1 aromatic heterocycles. The lowest BCUT2D eigenvalue weighted by molar-refractivity contribution is -0.146. The third kappa shape index (κ3) is 4.18. The van der Waals surface area contributed by atoms with Crippen molar-refractivity contribution in [1.29, 1.82) is 0 Å². The van der Waals surface area contributed by atoms with Crippen molar-refractivity contribution in [2.24, 2.45) is 5.73 Å². The van der Waals surface area contributed by atoms with Crippen molar-refractivity contribution >= 4 is 22.6 Å². The van der Waals surface area contributed by atoms with Crippen LogP contribution >= 0.6 is 0 Å². The van der Waals surface area contributed by atoms with Gasteiger partial charge in [0.1, 0.15) is 24.7 Å². The van der Waals surface area contributed by atoms with Crippen molar-refractivity contribution in [2.75, 3.05) is 14.2 Å². The molecule has 150 valence electrons. The molecule has 9 heteroatoms. The second-order valence-electron chi connectivity index (χ2n) is 6.06. The van der Waals surface area contributed by atoms with Gasteiger partial charge in [-0.05, 0) is 24.3 Å². The van der Waals surface area contributed by atoms with E-state index in [4.69, 9.17) is 19.9 Å². The number of esters is 1. The van der Waals surface area contributed by atoms with Crippen molar-refractivity contribution in [3.8, 4) is 11.5 Å². The summed E-state index contributed by atoms with van der Waals surface area (Å²) in [6, 6.07) is 11.5. The molecule has 1 amide bonds. The number of nitrogens with two attached hydrogens (primary N) is 1. The number of hydrogen-bond acceptors (Lipinski definition) is 7. The van der Waals surface area contributed by atoms with Crippen molar-refractivity contribution in [2.45, 2.75) is 13.2 Å². The number of ether oxygens (including phenoxy) is 3. The Morgan fingerprint density at radius 2 is 1.79 bits per heavy atom. The molecule has 2 aromatic carbocycles. The molecule has 29 heavy (non-hydrogen) atoms. The van der Waals surface area contributed by atoms with Crippen molar-refractivity contribution in [3.63, 3.8) is 0 Å². The van der Waals surface area contributed by atoms with E-state index < -0.39 is 24.0 Å². The molecule has 0 aliphatic heterocycles. The first-order chi connectivity index (χ1) is 13.9. The quantitative estimate of drug-likeness (QED) is 0.595. The maximum absolute atomic E-state index is 12.6. The Hall–Kier alpha value is -3.88. The summed E-state index contributed by atoms with van der Waals surface area (Å²) in [7, 11) is 3.02. The Morgan fingerprint density at radius 3 is 2.45 bits per heavy atom. The zero-order valence-corrected chi connectivity index (χ0v) is 15.9. The van der Waals surface area contributed by atoms with Gasteiger partial charge in [-0.1, -0.05) is 18.2 Å². The van der Waals surface area contributed by atoms with E-state index in [0.29, 0.717) is 22.4 Å². The van der Waals surface area contributed by atoms with Crippen LogP contribution in [0.4, 0.5) is 0 Å². The summed E-state index contributed by atoms with van der Waals surface area (Å²) in [6.07, 6.45) is 0. The van der Waals surface area contributed by atoms with Crippen LogP contribution in [0, 0.1) is 0 Å². The minimum absolute atomic E-state index is 0.0930. The highest BCUT2D eigenvalue weighted by molar-refractivity contribution is 6.04. The number of nitrogens with zero attached hydrogens (tertiary/aromatic N) is 2. The van der Waals surface area contributed by atoms with Crippen LogP contribution in [0.5, 0.6) is 11.5 Å². The van der Waals surface area contributed by atoms with Crippen molar-refractivity contribution in [1.82, 2.24) is 9.78 Å². The summed E-state index contributed by atoms with van der Waals surface area (Å²) in [5, 5.41) is 4.50. The molecule has 0 aliphatic carbocycles. The number of hydrogen-bond donors (Lipinski definition) is 1. The van der Waals surface area contributed by atoms with Gasteiger partial charge in [-0.3, -0.25) is 14.4 Å². The number of aromatic nitrogens is 2. The Labute approximate surface area is 165 Å². The molecule has 3 aromatic rings. The smallest absolute Gasteiger partial charge is 0.328 e. The van der Waals surface area contributed by atoms with E-state index in [0.717, 1.165) is 4.68 Å². The van der Waals surface area contributed by atoms with Gasteiger partial charge in [0.25, 0.3) is 11.5 Å². The molecule has 0 radical (unpaired) electrons. The van der Waals surface area contributed by atoms with E-state index >= 15 is 0 Å². The second-order valence-corrected chi connectivity index (χ2v) is 6.06. The molecule has 0 aliphatic rings. The number of fused-ring (bicyclic) bond motifs is 1. The SMILES string of the molecule is COc1ccc(OC)c(COC(=O)Cn2nc(C(N)=O)c3ccccc3c2=O)c1. The number of carbonyl (C=O) groups is 2. The van der Waals surface area contributed by atoms with E-state index in [9.17, 15) is 14.4 Å². The van der Waals surface area contributed by atoms with Gasteiger partial charge in [0, 0.05) is 10.9 Å². The second kappa shape index (κ2) is 8.42. The topological polar surface area (TPSA) is 123 Å². The van der Waals surface area contributed by atoms with Crippen molar-refractivity contribution in [3.05, 3.63) is 64.1 Å². The summed E-state index contributed by atoms with van der Waals surface area (Å²) < 4.78 is 16.5. The maximum Gasteiger partial charge on any atom is 0.328 e. The molecule has 0 unspecified atom stereocenters. The van der Waals surface area contributed by atoms with Gasteiger partial charge in [0.05, 0.1) is 19.6 Å². The zero-order valence-electron chi connectivity index (χ0n) is 15.9. The van der Waals surface area contributed by atoms with Crippen LogP contribution in [-0.2, 0) is 22.7 Å². The first-order valence-electron chi connectivity index (χ1n) is 8.60. The fourth-order valence-electron chi connectivity index (χ4n) is 2.85. The van der Waals surface area contributed by atoms with Gasteiger partial charge in [-0.25, -0.2) is 4.68 Å². The van der Waals surface area contributed by atoms with E-state index in [1.807, 2.05) is 0 Å². The van der Waals surface area contributed by atoms with E-state index in [1.165, 1.54) is 20.3 Å². The highest BCUT2D eigenvalue weighted by Crippen LogP contribution is 2.24. The number of benzene rings is 2. The number of primary amides is 1. The molecule has 0 fully saturated rings. The average molecular weight is 397 g/mol. The summed E-state index contributed by atoms with van der Waals surface area (Å²) >= 11 is 0. The monoisotopic (exact) mass is 397 g/mol. The molecule has 1 heterocycles. The summed E-state index contributed by atoms with van der Waals surface area (Å²) in [6.45, 7) is -0.569. The van der Waals surface area contributed by atoms with Gasteiger partial charge >= 0.3 is 5.97 Å². The minimum Gasteiger partial charge on any atom is -0.497 e. The number of carbonyl (C=O) groups excluding carboxylic acids is 2. The molecular weight excluding hydrogens is 378 g/mol. The third-order valence-corrected chi connectivity index (χ3v) is 4.26. The van der Waals surface area contributed by atoms with Crippen LogP contribution in [0.2, 0.25) is 0 Å². The summed E-state index contributed by atoms with van der Waals surface area (Å²) in [5.74, 6) is -0.411. The zero-order chi connectivity index (χ0) is 21.0. The first kappa shape index (κ1) is 19.9. The molecule has 2 N–H and O–H groups in total. The van der Waals surface area contributed by atoms with E-state index in [-0.39, 0.29) is 17.7 Å². The third-order valence-electron chi connectivity index (χ3n) is 4.26. The standard InChI is InChI=1S/C20H19N3O6/c1-27-13-7-8-16(28-2)12(9-13)11-29-17(24)10-23-20(26)15-6-4-3-5-14(15)18(22-23)19(21)25/h3-9H,10-11H2,1-2H3,(H2,21,25). The molecule has 0 bridgehead atoms. The van der Waals surface area contributed by atoms with Crippen LogP contribution in [-0.4, -0.2) is 35.9 Å². The van der Waals surface area contributed by atoms with Crippen molar-refractivity contribution < 1.29 is 23.8 Å². The fraction of sp³-hybridized carbons (Fsp3) is 0.200. The maximum atomic E-state index is 12.6. The van der Waals surface area contributed by atoms with Gasteiger partial charge < -0.3 is 19.9 Å². The van der Waals surface area contributed by atoms with Crippen LogP contribution in [0.25, 0.3) is 10.8 Å². The average Bonchev–Trinajstić information content (AvgIpc) is 2.73. The number of methoxy groups -OCH3 is 2. The van der Waals surface area contributed by atoms with Gasteiger partial charge in [0.2, 0.25) is 0 Å². The summed E-state index contributed by atoms with van der Waals surface area (Å²) in [4.78, 5) is 36.6. The minimum atomic E-state index is -0.801. The summed E-state index contributed by atoms with van der Waals surface area (Å²) in [5.41, 5.74) is 5.34. The Morgan fingerprint density at radius 1 is 1.07 bits per heavy atom. The number of rotatable bonds is 7. The molecule has 0 saturated heterocycles. The van der Waals surface area contributed by atoms with Crippen LogP contribution in [0.1, 0.15) is 16.1 Å². The number of amides is 1. The van der Waals surface area contributed by atoms with E-state index in [1.54, 1.807) is 36.4 Å². The van der Waals surface area contributed by atoms with Crippen LogP contribution in [0.3, 0.4) is 0 Å². The predicted octanol–water partition coefficient (Wildman–Crippen LogP) is 1.26. The van der Waals surface area contributed by atoms with Gasteiger partial charge in [-0.15, -0.1) is 0 Å². The lowest BCUT2D eigenvalue weighted by Gasteiger charge is -2.12. The highest BCUT2D eigenvalue weighted by Gasteiger charge is 2.17.